The summed E-state index contributed by atoms with van der Waals surface area (Å²) >= 11 is 0. The van der Waals surface area contributed by atoms with Gasteiger partial charge in [0.1, 0.15) is 0 Å². The Hall–Kier alpha value is -2.03. The predicted octanol–water partition coefficient (Wildman–Crippen LogP) is 2.84. The molecule has 1 aliphatic heterocycles. The summed E-state index contributed by atoms with van der Waals surface area (Å²) in [5.74, 6) is 0.141. The number of hydrogen-bond donors (Lipinski definition) is 0. The fraction of sp³-hybridized carbons (Fsp3) is 0.353. The lowest BCUT2D eigenvalue weighted by Gasteiger charge is -2.28. The van der Waals surface area contributed by atoms with Crippen LogP contribution in [0, 0.1) is 13.8 Å². The summed E-state index contributed by atoms with van der Waals surface area (Å²) in [6, 6.07) is 8.08. The summed E-state index contributed by atoms with van der Waals surface area (Å²) in [6.45, 7) is 5.65. The number of amides is 1. The molecule has 2 heterocycles. The van der Waals surface area contributed by atoms with Crippen LogP contribution in [-0.2, 0) is 20.0 Å². The van der Waals surface area contributed by atoms with E-state index in [1.807, 2.05) is 23.1 Å². The Morgan fingerprint density at radius 2 is 1.95 bits per heavy atom. The lowest BCUT2D eigenvalue weighted by atomic mass is 10.0. The maximum Gasteiger partial charge on any atom is 0.254 e. The number of aromatic nitrogens is 1. The molecule has 1 aromatic heterocycles. The molecule has 0 fully saturated rings. The summed E-state index contributed by atoms with van der Waals surface area (Å²) in [7, 11) is 2.07. The first-order chi connectivity index (χ1) is 9.56. The van der Waals surface area contributed by atoms with Gasteiger partial charge in [-0.1, -0.05) is 6.07 Å². The lowest BCUT2D eigenvalue weighted by Crippen LogP contribution is -2.36. The summed E-state index contributed by atoms with van der Waals surface area (Å²) < 4.78 is 2.16. The molecule has 0 unspecified atom stereocenters. The molecule has 3 rings (SSSR count). The average Bonchev–Trinajstić information content (AvgIpc) is 2.82. The molecule has 1 amide bonds. The van der Waals surface area contributed by atoms with Gasteiger partial charge in [0, 0.05) is 44.0 Å². The summed E-state index contributed by atoms with van der Waals surface area (Å²) in [6.07, 6.45) is 3.02. The van der Waals surface area contributed by atoms with E-state index in [2.05, 4.69) is 37.7 Å². The highest BCUT2D eigenvalue weighted by Gasteiger charge is 2.23. The lowest BCUT2D eigenvalue weighted by molar-refractivity contribution is 0.0733. The molecule has 0 aliphatic carbocycles. The van der Waals surface area contributed by atoms with Gasteiger partial charge in [-0.3, -0.25) is 4.79 Å². The van der Waals surface area contributed by atoms with Gasteiger partial charge in [-0.25, -0.2) is 0 Å². The van der Waals surface area contributed by atoms with Crippen molar-refractivity contribution < 1.29 is 4.79 Å². The molecule has 0 spiro atoms. The van der Waals surface area contributed by atoms with Crippen LogP contribution in [0.3, 0.4) is 0 Å². The highest BCUT2D eigenvalue weighted by Crippen LogP contribution is 2.21. The normalized spacial score (nSPS) is 14.2. The van der Waals surface area contributed by atoms with Crippen molar-refractivity contribution in [3.63, 3.8) is 0 Å². The fourth-order valence-electron chi connectivity index (χ4n) is 2.85. The maximum atomic E-state index is 12.6. The number of hydrogen-bond acceptors (Lipinski definition) is 1. The van der Waals surface area contributed by atoms with Crippen LogP contribution in [-0.4, -0.2) is 21.9 Å². The van der Waals surface area contributed by atoms with E-state index in [1.165, 1.54) is 22.4 Å². The number of carbonyl (C=O) groups excluding carboxylic acids is 1. The highest BCUT2D eigenvalue weighted by molar-refractivity contribution is 5.94. The van der Waals surface area contributed by atoms with E-state index in [0.717, 1.165) is 25.1 Å². The molecule has 1 aliphatic rings. The minimum absolute atomic E-state index is 0.141. The summed E-state index contributed by atoms with van der Waals surface area (Å²) in [5, 5.41) is 0. The Morgan fingerprint density at radius 1 is 1.15 bits per heavy atom. The van der Waals surface area contributed by atoms with Crippen LogP contribution in [0.25, 0.3) is 0 Å². The van der Waals surface area contributed by atoms with Crippen molar-refractivity contribution in [2.24, 2.45) is 7.05 Å². The van der Waals surface area contributed by atoms with Crippen LogP contribution < -0.4 is 0 Å². The van der Waals surface area contributed by atoms with E-state index < -0.39 is 0 Å². The first-order valence-electron chi connectivity index (χ1n) is 7.06. The molecular formula is C17H20N2O. The fourth-order valence-corrected chi connectivity index (χ4v) is 2.85. The zero-order valence-corrected chi connectivity index (χ0v) is 12.3. The van der Waals surface area contributed by atoms with Crippen LogP contribution in [0.15, 0.2) is 30.5 Å². The van der Waals surface area contributed by atoms with Gasteiger partial charge in [0.2, 0.25) is 0 Å². The second-order valence-electron chi connectivity index (χ2n) is 5.67. The van der Waals surface area contributed by atoms with Crippen LogP contribution >= 0.6 is 0 Å². The van der Waals surface area contributed by atoms with Gasteiger partial charge in [0.05, 0.1) is 0 Å². The summed E-state index contributed by atoms with van der Waals surface area (Å²) in [4.78, 5) is 14.5. The molecule has 0 saturated carbocycles. The number of nitrogens with zero attached hydrogens (tertiary/aromatic N) is 2. The van der Waals surface area contributed by atoms with Gasteiger partial charge < -0.3 is 9.47 Å². The molecule has 0 bridgehead atoms. The number of carbonyl (C=O) groups is 1. The standard InChI is InChI=1S/C17H20N2O/c1-12-4-5-14(10-13(12)2)17(20)19-9-7-16-15(11-19)6-8-18(16)3/h4-6,8,10H,7,9,11H2,1-3H3. The molecule has 0 atom stereocenters. The molecule has 1 aromatic carbocycles. The average molecular weight is 268 g/mol. The quantitative estimate of drug-likeness (QED) is 0.780. The molecule has 0 N–H and O–H groups in total. The second kappa shape index (κ2) is 4.82. The maximum absolute atomic E-state index is 12.6. The van der Waals surface area contributed by atoms with Gasteiger partial charge in [-0.2, -0.15) is 0 Å². The Morgan fingerprint density at radius 3 is 2.70 bits per heavy atom. The van der Waals surface area contributed by atoms with E-state index in [0.29, 0.717) is 0 Å². The van der Waals surface area contributed by atoms with Gasteiger partial charge >= 0.3 is 0 Å². The van der Waals surface area contributed by atoms with Crippen molar-refractivity contribution in [3.05, 3.63) is 58.4 Å². The van der Waals surface area contributed by atoms with Crippen LogP contribution in [0.1, 0.15) is 32.7 Å². The first-order valence-corrected chi connectivity index (χ1v) is 7.06. The van der Waals surface area contributed by atoms with E-state index in [1.54, 1.807) is 0 Å². The molecule has 2 aromatic rings. The van der Waals surface area contributed by atoms with E-state index in [4.69, 9.17) is 0 Å². The van der Waals surface area contributed by atoms with E-state index in [-0.39, 0.29) is 5.91 Å². The zero-order chi connectivity index (χ0) is 14.3. The van der Waals surface area contributed by atoms with Crippen LogP contribution in [0.2, 0.25) is 0 Å². The van der Waals surface area contributed by atoms with Crippen LogP contribution in [0.5, 0.6) is 0 Å². The minimum Gasteiger partial charge on any atom is -0.354 e. The number of rotatable bonds is 1. The molecule has 0 radical (unpaired) electrons. The van der Waals surface area contributed by atoms with Crippen molar-refractivity contribution in [3.8, 4) is 0 Å². The monoisotopic (exact) mass is 268 g/mol. The minimum atomic E-state index is 0.141. The van der Waals surface area contributed by atoms with Gasteiger partial charge in [-0.05, 0) is 48.7 Å². The third-order valence-electron chi connectivity index (χ3n) is 4.32. The molecule has 3 nitrogen and oxygen atoms in total. The Balaban J connectivity index is 1.83. The molecule has 3 heteroatoms. The smallest absolute Gasteiger partial charge is 0.254 e. The third-order valence-corrected chi connectivity index (χ3v) is 4.32. The molecule has 104 valence electrons. The Kier molecular flexibility index (Phi) is 3.13. The summed E-state index contributed by atoms with van der Waals surface area (Å²) in [5.41, 5.74) is 5.83. The largest absolute Gasteiger partial charge is 0.354 e. The Labute approximate surface area is 119 Å². The molecular weight excluding hydrogens is 248 g/mol. The van der Waals surface area contributed by atoms with Crippen molar-refractivity contribution in [2.45, 2.75) is 26.8 Å². The van der Waals surface area contributed by atoms with Crippen molar-refractivity contribution in [2.75, 3.05) is 6.54 Å². The van der Waals surface area contributed by atoms with E-state index >= 15 is 0 Å². The third kappa shape index (κ3) is 2.13. The van der Waals surface area contributed by atoms with E-state index in [9.17, 15) is 4.79 Å². The zero-order valence-electron chi connectivity index (χ0n) is 12.3. The molecule has 0 saturated heterocycles. The van der Waals surface area contributed by atoms with Gasteiger partial charge in [-0.15, -0.1) is 0 Å². The topological polar surface area (TPSA) is 25.2 Å². The predicted molar refractivity (Wildman–Crippen MR) is 79.8 cm³/mol. The SMILES string of the molecule is Cc1ccc(C(=O)N2CCc3c(ccn3C)C2)cc1C. The van der Waals surface area contributed by atoms with Gasteiger partial charge in [0.15, 0.2) is 0 Å². The molecule has 20 heavy (non-hydrogen) atoms. The van der Waals surface area contributed by atoms with Crippen LogP contribution in [0.4, 0.5) is 0 Å². The van der Waals surface area contributed by atoms with Gasteiger partial charge in [0.25, 0.3) is 5.91 Å². The van der Waals surface area contributed by atoms with Crippen molar-refractivity contribution in [1.82, 2.24) is 9.47 Å². The van der Waals surface area contributed by atoms with Crippen molar-refractivity contribution >= 4 is 5.91 Å². The van der Waals surface area contributed by atoms with Crippen molar-refractivity contribution in [1.29, 1.82) is 0 Å². The first kappa shape index (κ1) is 13.0. The number of aryl methyl sites for hydroxylation is 3. The number of fused-ring (bicyclic) bond motifs is 1. The highest BCUT2D eigenvalue weighted by atomic mass is 16.2. The second-order valence-corrected chi connectivity index (χ2v) is 5.67. The number of benzene rings is 1. The Bertz CT molecular complexity index is 670.